The van der Waals surface area contributed by atoms with Crippen molar-refractivity contribution < 1.29 is 0 Å². The molecule has 0 unspecified atom stereocenters. The van der Waals surface area contributed by atoms with Gasteiger partial charge in [-0.15, -0.1) is 4.99 Å². The molecule has 1 aromatic rings. The van der Waals surface area contributed by atoms with E-state index in [1.165, 1.54) is 11.1 Å². The zero-order valence-electron chi connectivity index (χ0n) is 9.18. The molecule has 0 spiro atoms. The van der Waals surface area contributed by atoms with Gasteiger partial charge in [-0.3, -0.25) is 0 Å². The first-order valence-electron chi connectivity index (χ1n) is 5.19. The summed E-state index contributed by atoms with van der Waals surface area (Å²) >= 11 is 1.65. The predicted molar refractivity (Wildman–Crippen MR) is 67.1 cm³/mol. The summed E-state index contributed by atoms with van der Waals surface area (Å²) in [6.07, 6.45) is 1.86. The van der Waals surface area contributed by atoms with E-state index in [4.69, 9.17) is 5.26 Å². The predicted octanol–water partition coefficient (Wildman–Crippen LogP) is 2.38. The highest BCUT2D eigenvalue weighted by molar-refractivity contribution is 8.14. The Morgan fingerprint density at radius 1 is 1.56 bits per heavy atom. The molecule has 0 aromatic heterocycles. The molecular formula is C12H13N3S. The fourth-order valence-corrected chi connectivity index (χ4v) is 2.70. The summed E-state index contributed by atoms with van der Waals surface area (Å²) < 4.78 is 0. The summed E-state index contributed by atoms with van der Waals surface area (Å²) in [5.74, 6) is 1.02. The molecule has 1 saturated heterocycles. The van der Waals surface area contributed by atoms with Gasteiger partial charge in [0.25, 0.3) is 0 Å². The number of hydrogen-bond donors (Lipinski definition) is 0. The van der Waals surface area contributed by atoms with E-state index in [0.717, 1.165) is 24.0 Å². The van der Waals surface area contributed by atoms with Crippen molar-refractivity contribution in [2.24, 2.45) is 4.99 Å². The molecule has 82 valence electrons. The van der Waals surface area contributed by atoms with Crippen LogP contribution in [-0.4, -0.2) is 22.4 Å². The molecule has 0 radical (unpaired) electrons. The highest BCUT2D eigenvalue weighted by atomic mass is 32.2. The van der Waals surface area contributed by atoms with E-state index in [9.17, 15) is 0 Å². The van der Waals surface area contributed by atoms with Gasteiger partial charge in [0.1, 0.15) is 0 Å². The third kappa shape index (κ3) is 2.56. The summed E-state index contributed by atoms with van der Waals surface area (Å²) in [5.41, 5.74) is 2.54. The summed E-state index contributed by atoms with van der Waals surface area (Å²) in [6.45, 7) is 3.90. The molecule has 2 rings (SSSR count). The SMILES string of the molecule is Cc1cccc(CN2CCSC2=NC#N)c1. The maximum absolute atomic E-state index is 8.58. The van der Waals surface area contributed by atoms with E-state index >= 15 is 0 Å². The molecule has 0 atom stereocenters. The molecule has 0 amide bonds. The number of nitrogens with zero attached hydrogens (tertiary/aromatic N) is 3. The number of thioether (sulfide) groups is 1. The Balaban J connectivity index is 2.10. The Bertz CT molecular complexity index is 448. The van der Waals surface area contributed by atoms with Gasteiger partial charge in [0.15, 0.2) is 5.17 Å². The van der Waals surface area contributed by atoms with Crippen molar-refractivity contribution in [2.75, 3.05) is 12.3 Å². The van der Waals surface area contributed by atoms with E-state index in [2.05, 4.69) is 41.1 Å². The zero-order valence-corrected chi connectivity index (χ0v) is 10.00. The first-order valence-corrected chi connectivity index (χ1v) is 6.18. The molecule has 0 saturated carbocycles. The Morgan fingerprint density at radius 3 is 3.19 bits per heavy atom. The smallest absolute Gasteiger partial charge is 0.208 e. The van der Waals surface area contributed by atoms with Crippen LogP contribution in [0.3, 0.4) is 0 Å². The topological polar surface area (TPSA) is 39.4 Å². The number of amidine groups is 1. The van der Waals surface area contributed by atoms with E-state index in [-0.39, 0.29) is 0 Å². The maximum Gasteiger partial charge on any atom is 0.208 e. The first kappa shape index (κ1) is 11.0. The maximum atomic E-state index is 8.58. The molecule has 3 nitrogen and oxygen atoms in total. The van der Waals surface area contributed by atoms with Crippen molar-refractivity contribution in [1.82, 2.24) is 4.90 Å². The second-order valence-corrected chi connectivity index (χ2v) is 4.82. The van der Waals surface area contributed by atoms with Crippen molar-refractivity contribution >= 4 is 16.9 Å². The van der Waals surface area contributed by atoms with Crippen LogP contribution in [0.4, 0.5) is 0 Å². The van der Waals surface area contributed by atoms with Crippen LogP contribution in [0, 0.1) is 18.4 Å². The molecule has 1 heterocycles. The minimum Gasteiger partial charge on any atom is -0.345 e. The summed E-state index contributed by atoms with van der Waals surface area (Å²) in [6, 6.07) is 8.44. The van der Waals surface area contributed by atoms with Crippen molar-refractivity contribution in [3.63, 3.8) is 0 Å². The molecule has 1 fully saturated rings. The van der Waals surface area contributed by atoms with Gasteiger partial charge in [0.05, 0.1) is 0 Å². The lowest BCUT2D eigenvalue weighted by Gasteiger charge is -2.17. The number of rotatable bonds is 2. The summed E-state index contributed by atoms with van der Waals surface area (Å²) in [7, 11) is 0. The van der Waals surface area contributed by atoms with Crippen LogP contribution in [-0.2, 0) is 6.54 Å². The largest absolute Gasteiger partial charge is 0.345 e. The van der Waals surface area contributed by atoms with E-state index in [1.54, 1.807) is 11.8 Å². The van der Waals surface area contributed by atoms with Gasteiger partial charge in [-0.1, -0.05) is 41.6 Å². The fourth-order valence-electron chi connectivity index (χ4n) is 1.76. The van der Waals surface area contributed by atoms with Gasteiger partial charge in [0.2, 0.25) is 6.19 Å². The molecule has 16 heavy (non-hydrogen) atoms. The first-order chi connectivity index (χ1) is 7.79. The Kier molecular flexibility index (Phi) is 3.47. The second-order valence-electron chi connectivity index (χ2n) is 3.75. The molecular weight excluding hydrogens is 218 g/mol. The molecule has 1 aliphatic rings. The van der Waals surface area contributed by atoms with Gasteiger partial charge in [-0.25, -0.2) is 0 Å². The number of nitriles is 1. The second kappa shape index (κ2) is 5.04. The monoisotopic (exact) mass is 231 g/mol. The van der Waals surface area contributed by atoms with Crippen molar-refractivity contribution in [3.8, 4) is 6.19 Å². The minimum atomic E-state index is 0.842. The molecule has 0 bridgehead atoms. The minimum absolute atomic E-state index is 0.842. The van der Waals surface area contributed by atoms with Crippen LogP contribution >= 0.6 is 11.8 Å². The third-order valence-electron chi connectivity index (χ3n) is 2.46. The lowest BCUT2D eigenvalue weighted by Crippen LogP contribution is -2.23. The van der Waals surface area contributed by atoms with Gasteiger partial charge >= 0.3 is 0 Å². The van der Waals surface area contributed by atoms with Gasteiger partial charge in [0, 0.05) is 18.8 Å². The quantitative estimate of drug-likeness (QED) is 0.734. The van der Waals surface area contributed by atoms with E-state index in [0.29, 0.717) is 0 Å². The highest BCUT2D eigenvalue weighted by Crippen LogP contribution is 2.20. The van der Waals surface area contributed by atoms with Crippen molar-refractivity contribution in [3.05, 3.63) is 35.4 Å². The highest BCUT2D eigenvalue weighted by Gasteiger charge is 2.19. The van der Waals surface area contributed by atoms with E-state index in [1.807, 2.05) is 6.19 Å². The number of hydrogen-bond acceptors (Lipinski definition) is 3. The van der Waals surface area contributed by atoms with Crippen molar-refractivity contribution in [1.29, 1.82) is 5.26 Å². The molecule has 1 aromatic carbocycles. The number of benzene rings is 1. The lowest BCUT2D eigenvalue weighted by molar-refractivity contribution is 0.457. The van der Waals surface area contributed by atoms with Gasteiger partial charge in [-0.2, -0.15) is 5.26 Å². The summed E-state index contributed by atoms with van der Waals surface area (Å²) in [4.78, 5) is 5.99. The van der Waals surface area contributed by atoms with Gasteiger partial charge in [-0.05, 0) is 12.5 Å². The van der Waals surface area contributed by atoms with Crippen LogP contribution in [0.25, 0.3) is 0 Å². The average Bonchev–Trinajstić information content (AvgIpc) is 2.66. The van der Waals surface area contributed by atoms with Gasteiger partial charge < -0.3 is 4.90 Å². The standard InChI is InChI=1S/C12H13N3S/c1-10-3-2-4-11(7-10)8-15-5-6-16-12(15)14-9-13/h2-4,7H,5-6,8H2,1H3. The Hall–Kier alpha value is -1.47. The number of aryl methyl sites for hydroxylation is 1. The Morgan fingerprint density at radius 2 is 2.44 bits per heavy atom. The summed E-state index contributed by atoms with van der Waals surface area (Å²) in [5, 5.41) is 9.43. The zero-order chi connectivity index (χ0) is 11.4. The molecule has 4 heteroatoms. The normalized spacial score (nSPS) is 17.8. The van der Waals surface area contributed by atoms with Crippen LogP contribution in [0.5, 0.6) is 0 Å². The molecule has 0 N–H and O–H groups in total. The molecule has 1 aliphatic heterocycles. The number of aliphatic imine (C=N–C) groups is 1. The van der Waals surface area contributed by atoms with Crippen LogP contribution < -0.4 is 0 Å². The fraction of sp³-hybridized carbons (Fsp3) is 0.333. The van der Waals surface area contributed by atoms with Crippen LogP contribution in [0.1, 0.15) is 11.1 Å². The van der Waals surface area contributed by atoms with Crippen LogP contribution in [0.2, 0.25) is 0 Å². The van der Waals surface area contributed by atoms with E-state index < -0.39 is 0 Å². The Labute approximate surface area is 99.8 Å². The third-order valence-corrected chi connectivity index (χ3v) is 3.46. The lowest BCUT2D eigenvalue weighted by atomic mass is 10.1. The molecule has 0 aliphatic carbocycles. The van der Waals surface area contributed by atoms with Crippen molar-refractivity contribution in [2.45, 2.75) is 13.5 Å². The average molecular weight is 231 g/mol. The van der Waals surface area contributed by atoms with Crippen LogP contribution in [0.15, 0.2) is 29.3 Å².